The summed E-state index contributed by atoms with van der Waals surface area (Å²) in [5, 5.41) is 0. The molecule has 3 fully saturated rings. The Morgan fingerprint density at radius 1 is 1.07 bits per heavy atom. The van der Waals surface area contributed by atoms with Crippen LogP contribution in [0, 0.1) is 23.7 Å². The van der Waals surface area contributed by atoms with E-state index >= 15 is 0 Å². The van der Waals surface area contributed by atoms with E-state index in [1.54, 1.807) is 24.3 Å². The second kappa shape index (κ2) is 7.04. The fraction of sp³-hybridized carbons (Fsp3) is 0.524. The van der Waals surface area contributed by atoms with Crippen LogP contribution in [0.15, 0.2) is 24.3 Å². The van der Waals surface area contributed by atoms with Crippen molar-refractivity contribution in [3.05, 3.63) is 29.8 Å². The first-order valence-electron chi connectivity index (χ1n) is 9.63. The highest BCUT2D eigenvalue weighted by Crippen LogP contribution is 2.56. The number of likely N-dealkylation sites (tertiary alicyclic amines) is 1. The first-order valence-corrected chi connectivity index (χ1v) is 9.63. The monoisotopic (exact) mass is 385 g/mol. The van der Waals surface area contributed by atoms with Gasteiger partial charge in [0, 0.05) is 5.56 Å². The lowest BCUT2D eigenvalue weighted by molar-refractivity contribution is -0.157. The summed E-state index contributed by atoms with van der Waals surface area (Å²) >= 11 is 0. The average molecular weight is 385 g/mol. The molecule has 1 aromatic rings. The largest absolute Gasteiger partial charge is 0.497 e. The zero-order valence-electron chi connectivity index (χ0n) is 15.9. The number of esters is 1. The summed E-state index contributed by atoms with van der Waals surface area (Å²) in [5.41, 5.74) is 0.390. The van der Waals surface area contributed by atoms with E-state index in [0.29, 0.717) is 11.3 Å². The van der Waals surface area contributed by atoms with Gasteiger partial charge in [-0.05, 0) is 62.3 Å². The number of nitrogens with zero attached hydrogens (tertiary/aromatic N) is 1. The molecule has 1 heterocycles. The SMILES string of the molecule is COc1ccc(C(=O)COC(=O)C(C)N2C(=O)C3C(C2=O)[C@H]2CC[C@@H]3C2)cc1. The van der Waals surface area contributed by atoms with Crippen LogP contribution < -0.4 is 4.74 Å². The molecular weight excluding hydrogens is 362 g/mol. The van der Waals surface area contributed by atoms with Crippen LogP contribution in [0.4, 0.5) is 0 Å². The maximum atomic E-state index is 12.8. The molecule has 28 heavy (non-hydrogen) atoms. The number of carbonyl (C=O) groups excluding carboxylic acids is 4. The molecule has 1 saturated heterocycles. The number of Topliss-reactive ketones (excluding diaryl/α,β-unsaturated/α-hetero) is 1. The summed E-state index contributed by atoms with van der Waals surface area (Å²) in [5.74, 6) is -1.03. The van der Waals surface area contributed by atoms with Crippen LogP contribution in [0.2, 0.25) is 0 Å². The molecule has 2 aliphatic carbocycles. The number of ketones is 1. The number of amides is 2. The van der Waals surface area contributed by atoms with Crippen molar-refractivity contribution in [2.75, 3.05) is 13.7 Å². The van der Waals surface area contributed by atoms with Gasteiger partial charge >= 0.3 is 5.97 Å². The lowest BCUT2D eigenvalue weighted by Crippen LogP contribution is -2.45. The van der Waals surface area contributed by atoms with Gasteiger partial charge in [0.15, 0.2) is 12.4 Å². The summed E-state index contributed by atoms with van der Waals surface area (Å²) in [4.78, 5) is 51.2. The van der Waals surface area contributed by atoms with Gasteiger partial charge in [-0.15, -0.1) is 0 Å². The molecule has 0 aromatic heterocycles. The molecule has 2 bridgehead atoms. The topological polar surface area (TPSA) is 90.0 Å². The molecule has 3 unspecified atom stereocenters. The molecule has 4 rings (SSSR count). The minimum atomic E-state index is -1.02. The molecule has 2 amide bonds. The van der Waals surface area contributed by atoms with Crippen molar-refractivity contribution in [2.45, 2.75) is 32.2 Å². The maximum Gasteiger partial charge on any atom is 0.329 e. The van der Waals surface area contributed by atoms with Crippen molar-refractivity contribution in [1.29, 1.82) is 0 Å². The number of rotatable bonds is 6. The quantitative estimate of drug-likeness (QED) is 0.422. The van der Waals surface area contributed by atoms with Crippen LogP contribution in [0.25, 0.3) is 0 Å². The van der Waals surface area contributed by atoms with Crippen LogP contribution in [0.3, 0.4) is 0 Å². The van der Waals surface area contributed by atoms with Crippen molar-refractivity contribution >= 4 is 23.6 Å². The maximum absolute atomic E-state index is 12.8. The summed E-state index contributed by atoms with van der Waals surface area (Å²) in [6, 6.07) is 5.44. The summed E-state index contributed by atoms with van der Waals surface area (Å²) in [7, 11) is 1.53. The Balaban J connectivity index is 1.37. The fourth-order valence-corrected chi connectivity index (χ4v) is 5.04. The van der Waals surface area contributed by atoms with Gasteiger partial charge in [0.05, 0.1) is 18.9 Å². The number of methoxy groups -OCH3 is 1. The van der Waals surface area contributed by atoms with E-state index < -0.39 is 18.6 Å². The van der Waals surface area contributed by atoms with E-state index in [2.05, 4.69) is 0 Å². The highest BCUT2D eigenvalue weighted by atomic mass is 16.5. The Hall–Kier alpha value is -2.70. The van der Waals surface area contributed by atoms with Gasteiger partial charge in [0.25, 0.3) is 0 Å². The Labute approximate surface area is 163 Å². The van der Waals surface area contributed by atoms with Crippen molar-refractivity contribution < 1.29 is 28.7 Å². The number of hydrogen-bond donors (Lipinski definition) is 0. The van der Waals surface area contributed by atoms with Gasteiger partial charge in [-0.1, -0.05) is 0 Å². The van der Waals surface area contributed by atoms with Crippen molar-refractivity contribution in [1.82, 2.24) is 4.90 Å². The van der Waals surface area contributed by atoms with Gasteiger partial charge in [-0.3, -0.25) is 19.3 Å². The lowest BCUT2D eigenvalue weighted by Gasteiger charge is -2.22. The third kappa shape index (κ3) is 2.89. The standard InChI is InChI=1S/C21H23NO6/c1-11(21(26)28-10-16(23)12-5-7-15(27-2)8-6-12)22-19(24)17-13-3-4-14(9-13)18(17)20(22)25/h5-8,11,13-14,17-18H,3-4,9-10H2,1-2H3/t11?,13-,14+,17?,18?. The molecule has 0 spiro atoms. The highest BCUT2D eigenvalue weighted by Gasteiger charge is 2.62. The summed E-state index contributed by atoms with van der Waals surface area (Å²) in [6.45, 7) is 1.04. The second-order valence-corrected chi connectivity index (χ2v) is 7.87. The zero-order chi connectivity index (χ0) is 20.0. The molecule has 7 heteroatoms. The van der Waals surface area contributed by atoms with Gasteiger partial charge in [-0.25, -0.2) is 4.79 Å². The Kier molecular flexibility index (Phi) is 4.69. The van der Waals surface area contributed by atoms with Gasteiger partial charge in [-0.2, -0.15) is 0 Å². The molecule has 7 nitrogen and oxygen atoms in total. The smallest absolute Gasteiger partial charge is 0.329 e. The fourth-order valence-electron chi connectivity index (χ4n) is 5.04. The number of fused-ring (bicyclic) bond motifs is 5. The molecule has 0 N–H and O–H groups in total. The predicted octanol–water partition coefficient (Wildman–Crippen LogP) is 1.84. The Morgan fingerprint density at radius 2 is 1.64 bits per heavy atom. The number of hydrogen-bond acceptors (Lipinski definition) is 6. The van der Waals surface area contributed by atoms with Crippen LogP contribution in [-0.4, -0.2) is 48.2 Å². The second-order valence-electron chi connectivity index (χ2n) is 7.87. The summed E-state index contributed by atoms with van der Waals surface area (Å²) < 4.78 is 10.2. The van der Waals surface area contributed by atoms with Crippen molar-refractivity contribution in [3.8, 4) is 5.75 Å². The van der Waals surface area contributed by atoms with Gasteiger partial charge in [0.2, 0.25) is 11.8 Å². The van der Waals surface area contributed by atoms with Crippen LogP contribution in [-0.2, 0) is 19.1 Å². The molecular formula is C21H23NO6. The minimum absolute atomic E-state index is 0.256. The molecule has 2 saturated carbocycles. The van der Waals surface area contributed by atoms with E-state index in [1.807, 2.05) is 0 Å². The number of imide groups is 1. The van der Waals surface area contributed by atoms with E-state index in [9.17, 15) is 19.2 Å². The normalized spacial score (nSPS) is 29.0. The molecule has 5 atom stereocenters. The third-order valence-electron chi connectivity index (χ3n) is 6.45. The third-order valence-corrected chi connectivity index (χ3v) is 6.45. The molecule has 3 aliphatic rings. The Bertz CT molecular complexity index is 804. The van der Waals surface area contributed by atoms with Crippen LogP contribution >= 0.6 is 0 Å². The predicted molar refractivity (Wildman–Crippen MR) is 97.4 cm³/mol. The average Bonchev–Trinajstić information content (AvgIpc) is 3.39. The number of ether oxygens (including phenoxy) is 2. The lowest BCUT2D eigenvalue weighted by atomic mass is 9.81. The number of benzene rings is 1. The highest BCUT2D eigenvalue weighted by molar-refractivity contribution is 6.08. The van der Waals surface area contributed by atoms with Crippen molar-refractivity contribution in [2.24, 2.45) is 23.7 Å². The van der Waals surface area contributed by atoms with Crippen molar-refractivity contribution in [3.63, 3.8) is 0 Å². The Morgan fingerprint density at radius 3 is 2.18 bits per heavy atom. The molecule has 1 aliphatic heterocycles. The van der Waals surface area contributed by atoms with E-state index in [-0.39, 0.29) is 41.3 Å². The molecule has 1 aromatic carbocycles. The first-order chi connectivity index (χ1) is 13.4. The molecule has 0 radical (unpaired) electrons. The molecule has 148 valence electrons. The van der Waals surface area contributed by atoms with E-state index in [1.165, 1.54) is 14.0 Å². The van der Waals surface area contributed by atoms with Crippen LogP contribution in [0.1, 0.15) is 36.5 Å². The summed E-state index contributed by atoms with van der Waals surface area (Å²) in [6.07, 6.45) is 2.90. The minimum Gasteiger partial charge on any atom is -0.497 e. The van der Waals surface area contributed by atoms with E-state index in [0.717, 1.165) is 24.2 Å². The number of carbonyl (C=O) groups is 4. The van der Waals surface area contributed by atoms with Gasteiger partial charge < -0.3 is 9.47 Å². The van der Waals surface area contributed by atoms with Gasteiger partial charge in [0.1, 0.15) is 11.8 Å². The van der Waals surface area contributed by atoms with Crippen LogP contribution in [0.5, 0.6) is 5.75 Å². The first kappa shape index (κ1) is 18.7. The zero-order valence-corrected chi connectivity index (χ0v) is 15.9. The van der Waals surface area contributed by atoms with E-state index in [4.69, 9.17) is 9.47 Å².